The lowest BCUT2D eigenvalue weighted by Crippen LogP contribution is -2.55. The van der Waals surface area contributed by atoms with Crippen molar-refractivity contribution in [3.05, 3.63) is 108 Å². The predicted octanol–water partition coefficient (Wildman–Crippen LogP) is 21.4. The van der Waals surface area contributed by atoms with Crippen LogP contribution in [0.2, 0.25) is 36.3 Å². The summed E-state index contributed by atoms with van der Waals surface area (Å²) in [6.07, 6.45) is -8.78. The first-order valence-electron chi connectivity index (χ1n) is 40.6. The molecule has 6 saturated carbocycles. The van der Waals surface area contributed by atoms with Crippen molar-refractivity contribution >= 4 is 46.0 Å². The summed E-state index contributed by atoms with van der Waals surface area (Å²) in [5.74, 6) is 6.39. The van der Waals surface area contributed by atoms with Gasteiger partial charge in [-0.1, -0.05) is 185 Å². The minimum atomic E-state index is -6.01. The van der Waals surface area contributed by atoms with Gasteiger partial charge in [-0.05, 0) is 222 Å². The lowest BCUT2D eigenvalue weighted by Gasteiger charge is -2.49. The molecule has 2 aromatic carbocycles. The summed E-state index contributed by atoms with van der Waals surface area (Å²) in [4.78, 5) is 26.4. The van der Waals surface area contributed by atoms with Gasteiger partial charge in [-0.2, -0.15) is 52.7 Å². The zero-order chi connectivity index (χ0) is 87.4. The average Bonchev–Trinajstić information content (AvgIpc) is 1.62. The number of rotatable bonds is 21. The van der Waals surface area contributed by atoms with E-state index in [0.29, 0.717) is 107 Å². The highest BCUT2D eigenvalue weighted by Crippen LogP contribution is 2.65. The number of hydrogen-bond acceptors (Lipinski definition) is 11. The third-order valence-electron chi connectivity index (χ3n) is 27.0. The van der Waals surface area contributed by atoms with Crippen LogP contribution in [0, 0.1) is 69.0 Å². The smallest absolute Gasteiger partial charge is 0.413 e. The molecule has 6 aliphatic rings. The van der Waals surface area contributed by atoms with Gasteiger partial charge in [0.15, 0.2) is 22.4 Å². The van der Waals surface area contributed by atoms with Crippen molar-refractivity contribution in [2.75, 3.05) is 6.16 Å². The highest BCUT2D eigenvalue weighted by atomic mass is 31.2. The molecular weight excluding hydrogens is 1560 g/mol. The first kappa shape index (κ1) is 99.2. The van der Waals surface area contributed by atoms with Gasteiger partial charge in [0.25, 0.3) is 0 Å². The number of carbonyl (C=O) groups excluding carboxylic acids is 2. The van der Waals surface area contributed by atoms with Crippen LogP contribution >= 0.6 is 7.14 Å². The summed E-state index contributed by atoms with van der Waals surface area (Å²) in [5, 5.41) is 61.3. The first-order chi connectivity index (χ1) is 52.2. The first-order valence-corrected chi connectivity index (χ1v) is 48.3. The number of carbonyl (C=O) groups is 2. The Morgan fingerprint density at radius 3 is 1.37 bits per heavy atom. The van der Waals surface area contributed by atoms with E-state index >= 15 is 0 Å². The van der Waals surface area contributed by atoms with Gasteiger partial charge in [0.2, 0.25) is 0 Å². The average molecular weight is 1690 g/mol. The van der Waals surface area contributed by atoms with Gasteiger partial charge in [-0.25, -0.2) is 0 Å². The van der Waals surface area contributed by atoms with E-state index in [1.165, 1.54) is 5.57 Å². The molecule has 0 amide bonds. The molecule has 0 bridgehead atoms. The summed E-state index contributed by atoms with van der Waals surface area (Å²) < 4.78 is 186. The van der Waals surface area contributed by atoms with Crippen molar-refractivity contribution in [2.45, 2.75) is 346 Å². The molecular formula is C89H129F12O11PSi2. The fourth-order valence-electron chi connectivity index (χ4n) is 18.3. The SMILES string of the molecule is C=C1/C(=C\C=C2/CCC[C@@]3(C)C2CCC3[C@@](C)(CC#CC(O)(C(F)(F)F)C(F)(F)F)CCCC(C)(C)O)C[C@@H](O)C[C@@H]1O.CC(C)(C)[Si](C)(C)OC1C/C(=C/CP(=O)(c2ccccc2)c2ccccc2)C(=O)[C@@H](O[Si](C)(C)C(C)(C)C)C1.CC(C)(O)CCC[C@](C)(CC#CC(O)(C(F)(F)F)C(F)(F)F)C1CCC2C(=O)CCC[C@@]21C. The van der Waals surface area contributed by atoms with E-state index in [2.05, 4.69) is 87.2 Å². The van der Waals surface area contributed by atoms with Crippen molar-refractivity contribution < 1.29 is 106 Å². The quantitative estimate of drug-likeness (QED) is 0.0229. The standard InChI is InChI=1S/C33H46F6O4.C32H49O4PSi2.C24H34F6O3/c1-21-23(19-24(40)20-26(21)41)11-10-22-9-6-17-30(5)25(22)12-13-27(30)29(4,15-7-14-28(2,3)42)16-8-18-31(43,32(34,35)36)33(37,38)39;1-31(2,3)38(7,8)35-26-23-25(30(33)29(24-26)36-39(9,10)32(4,5)6)21-22-37(34,27-17-13-11-14-18-27)28-19-15-12-16-20-28;1-19(2,32)11-6-12-20(3,13-7-15-22(33,23(25,26)27)24(28,29)30)18-10-9-16-17(31)8-5-14-21(16,18)4/h10-11,24-27,40-43H,1,6-7,9,12-17,19-20H2,2-5H3;11-21,26,29H,22-24H2,1-10H3;16,18,32-33H,5-6,8-14H2,1-4H3/b22-10+,23-11-;25-21-;/t24-,25?,26+,27?,29-,30+;26?,29-;16?,18?,20-,21+/m101/s1. The normalized spacial score (nSPS) is 27.4. The Labute approximate surface area is 677 Å². The number of hydrogen-bond donors (Lipinski definition) is 6. The number of alkyl halides is 12. The van der Waals surface area contributed by atoms with Crippen LogP contribution in [0.3, 0.4) is 0 Å². The van der Waals surface area contributed by atoms with E-state index in [9.17, 15) is 97.5 Å². The Morgan fingerprint density at radius 1 is 0.548 bits per heavy atom. The second-order valence-electron chi connectivity index (χ2n) is 39.1. The Hall–Kier alpha value is -4.64. The highest BCUT2D eigenvalue weighted by molar-refractivity contribution is 7.78. The Balaban J connectivity index is 0.000000271. The van der Waals surface area contributed by atoms with Crippen LogP contribution in [-0.2, 0) is 23.0 Å². The van der Waals surface area contributed by atoms with Crippen LogP contribution in [0.5, 0.6) is 0 Å². The molecule has 6 fully saturated rings. The molecule has 0 aromatic heterocycles. The topological polar surface area (TPSA) is 191 Å². The molecule has 2 aromatic rings. The maximum absolute atomic E-state index is 14.6. The lowest BCUT2D eigenvalue weighted by atomic mass is 9.55. The van der Waals surface area contributed by atoms with Crippen molar-refractivity contribution in [1.82, 2.24) is 0 Å². The maximum atomic E-state index is 14.6. The second kappa shape index (κ2) is 36.6. The molecule has 6 aliphatic carbocycles. The van der Waals surface area contributed by atoms with Crippen LogP contribution in [-0.4, -0.2) is 137 Å². The van der Waals surface area contributed by atoms with Gasteiger partial charge in [-0.15, -0.1) is 0 Å². The molecule has 0 heterocycles. The number of halogens is 12. The maximum Gasteiger partial charge on any atom is 0.438 e. The molecule has 8 rings (SSSR count). The van der Waals surface area contributed by atoms with Crippen molar-refractivity contribution in [1.29, 1.82) is 0 Å². The Bertz CT molecular complexity index is 3880. The second-order valence-corrected chi connectivity index (χ2v) is 51.5. The molecule has 11 nitrogen and oxygen atoms in total. The summed E-state index contributed by atoms with van der Waals surface area (Å²) in [6.45, 7) is 40.5. The number of aliphatic hydroxyl groups is 6. The number of fused-ring (bicyclic) bond motifs is 2. The zero-order valence-electron chi connectivity index (χ0n) is 70.8. The molecule has 0 spiro atoms. The highest BCUT2D eigenvalue weighted by Gasteiger charge is 2.72. The number of ketones is 2. The molecule has 115 heavy (non-hydrogen) atoms. The van der Waals surface area contributed by atoms with E-state index in [0.717, 1.165) is 60.1 Å². The summed E-state index contributed by atoms with van der Waals surface area (Å²) in [6, 6.07) is 19.3. The Kier molecular flexibility index (Phi) is 31.6. The van der Waals surface area contributed by atoms with Crippen molar-refractivity contribution in [2.24, 2.45) is 45.3 Å². The molecule has 5 unspecified atom stereocenters. The van der Waals surface area contributed by atoms with E-state index < -0.39 is 105 Å². The monoisotopic (exact) mass is 1690 g/mol. The Morgan fingerprint density at radius 2 is 0.957 bits per heavy atom. The van der Waals surface area contributed by atoms with E-state index in [-0.39, 0.29) is 76.1 Å². The predicted molar refractivity (Wildman–Crippen MR) is 434 cm³/mol. The minimum Gasteiger partial charge on any atom is -0.413 e. The van der Waals surface area contributed by atoms with Gasteiger partial charge >= 0.3 is 35.9 Å². The zero-order valence-corrected chi connectivity index (χ0v) is 73.7. The summed E-state index contributed by atoms with van der Waals surface area (Å²) in [5.41, 5.74) is -11.2. The van der Waals surface area contributed by atoms with Crippen LogP contribution in [0.25, 0.3) is 0 Å². The fraction of sp³-hybridized carbons (Fsp3) is 0.708. The molecule has 0 aliphatic heterocycles. The molecule has 0 radical (unpaired) electrons. The summed E-state index contributed by atoms with van der Waals surface area (Å²) in [7, 11) is -7.26. The van der Waals surface area contributed by atoms with Crippen LogP contribution in [0.1, 0.15) is 238 Å². The van der Waals surface area contributed by atoms with Crippen molar-refractivity contribution in [3.8, 4) is 23.7 Å². The van der Waals surface area contributed by atoms with E-state index in [1.54, 1.807) is 34.6 Å². The number of allylic oxidation sites excluding steroid dienone is 4. The van der Waals surface area contributed by atoms with Gasteiger partial charge in [0.05, 0.1) is 29.5 Å². The van der Waals surface area contributed by atoms with Gasteiger partial charge in [0.1, 0.15) is 19.0 Å². The third kappa shape index (κ3) is 23.8. The van der Waals surface area contributed by atoms with Gasteiger partial charge < -0.3 is 44.1 Å². The molecule has 648 valence electrons. The summed E-state index contributed by atoms with van der Waals surface area (Å²) >= 11 is 0. The molecule has 26 heteroatoms. The van der Waals surface area contributed by atoms with Crippen molar-refractivity contribution in [3.63, 3.8) is 0 Å². The fourth-order valence-corrected chi connectivity index (χ4v) is 23.5. The van der Waals surface area contributed by atoms with E-state index in [4.69, 9.17) is 8.85 Å². The number of benzene rings is 2. The number of aliphatic hydroxyl groups excluding tert-OH is 2. The van der Waals surface area contributed by atoms with Gasteiger partial charge in [0, 0.05) is 61.2 Å². The van der Waals surface area contributed by atoms with Crippen LogP contribution < -0.4 is 10.6 Å². The molecule has 12 atom stereocenters. The van der Waals surface area contributed by atoms with Crippen LogP contribution in [0.15, 0.2) is 108 Å². The molecule has 0 saturated heterocycles. The minimum absolute atomic E-state index is 0.0132. The number of Topliss-reactive ketones (excluding diaryl/α,β-unsaturated/α-hetero) is 2. The largest absolute Gasteiger partial charge is 0.438 e. The van der Waals surface area contributed by atoms with E-state index in [1.807, 2.05) is 98.7 Å². The molecule has 6 N–H and O–H groups in total. The van der Waals surface area contributed by atoms with Crippen LogP contribution in [0.4, 0.5) is 52.7 Å². The lowest BCUT2D eigenvalue weighted by molar-refractivity contribution is -0.344. The third-order valence-corrected chi connectivity index (χ3v) is 39.0. The van der Waals surface area contributed by atoms with Gasteiger partial charge in [-0.3, -0.25) is 9.59 Å².